The second-order valence-electron chi connectivity index (χ2n) is 8.22. The minimum Gasteiger partial charge on any atom is -0.493 e. The number of hydrogen-bond donors (Lipinski definition) is 0. The minimum atomic E-state index is 0.0799. The Bertz CT molecular complexity index is 1310. The summed E-state index contributed by atoms with van der Waals surface area (Å²) in [5.41, 5.74) is 4.80. The van der Waals surface area contributed by atoms with Gasteiger partial charge in [0.25, 0.3) is 0 Å². The first-order valence-corrected chi connectivity index (χ1v) is 11.1. The molecule has 5 rings (SSSR count). The summed E-state index contributed by atoms with van der Waals surface area (Å²) in [4.78, 5) is 19.4. The summed E-state index contributed by atoms with van der Waals surface area (Å²) in [5.74, 6) is 1.45. The number of rotatable bonds is 5. The molecule has 0 saturated heterocycles. The summed E-state index contributed by atoms with van der Waals surface area (Å²) in [5, 5.41) is 5.45. The maximum Gasteiger partial charge on any atom is 0.224 e. The average molecular weight is 443 g/mol. The Morgan fingerprint density at radius 1 is 1.15 bits per heavy atom. The molecule has 3 heterocycles. The molecule has 0 atom stereocenters. The highest BCUT2D eigenvalue weighted by Gasteiger charge is 2.23. The fraction of sp³-hybridized carbons (Fsp3) is 0.269. The number of benzene rings is 2. The number of aryl methyl sites for hydroxylation is 2. The van der Waals surface area contributed by atoms with Gasteiger partial charge in [0.1, 0.15) is 6.61 Å². The van der Waals surface area contributed by atoms with Crippen LogP contribution in [-0.4, -0.2) is 45.8 Å². The Hall–Kier alpha value is -3.87. The Morgan fingerprint density at radius 2 is 2.03 bits per heavy atom. The molecule has 33 heavy (non-hydrogen) atoms. The number of pyridine rings is 1. The number of hydrogen-bond acceptors (Lipinski definition) is 5. The number of carbonyl (C=O) groups excluding carboxylic acids is 1. The summed E-state index contributed by atoms with van der Waals surface area (Å²) in [6.07, 6.45) is 4.16. The molecular weight excluding hydrogens is 416 g/mol. The number of aromatic nitrogens is 3. The minimum absolute atomic E-state index is 0.0799. The van der Waals surface area contributed by atoms with E-state index in [1.165, 1.54) is 0 Å². The highest BCUT2D eigenvalue weighted by molar-refractivity contribution is 5.84. The fourth-order valence-corrected chi connectivity index (χ4v) is 4.20. The largest absolute Gasteiger partial charge is 0.493 e. The van der Waals surface area contributed by atoms with Crippen LogP contribution in [-0.2, 0) is 17.9 Å². The number of fused-ring (bicyclic) bond motifs is 2. The number of ether oxygens (including phenoxy) is 2. The SMILES string of the molecule is COc1cc(-c2cnc3ccccc3c2)cc2c1OCCN(C(=O)CCn1ccc(C)n1)C2. The van der Waals surface area contributed by atoms with Gasteiger partial charge in [0.05, 0.1) is 24.9 Å². The molecule has 1 aliphatic rings. The molecule has 1 aliphatic heterocycles. The van der Waals surface area contributed by atoms with Crippen LogP contribution >= 0.6 is 0 Å². The molecule has 0 spiro atoms. The van der Waals surface area contributed by atoms with Crippen LogP contribution in [0.3, 0.4) is 0 Å². The molecule has 0 fully saturated rings. The molecular formula is C26H26N4O3. The summed E-state index contributed by atoms with van der Waals surface area (Å²) < 4.78 is 13.5. The van der Waals surface area contributed by atoms with Crippen molar-refractivity contribution in [1.82, 2.24) is 19.7 Å². The molecule has 2 aromatic carbocycles. The molecule has 0 unspecified atom stereocenters. The third kappa shape index (κ3) is 4.39. The normalized spacial score (nSPS) is 13.3. The molecule has 4 aromatic rings. The highest BCUT2D eigenvalue weighted by atomic mass is 16.5. The Kier molecular flexibility index (Phi) is 5.69. The van der Waals surface area contributed by atoms with Crippen molar-refractivity contribution in [2.24, 2.45) is 0 Å². The third-order valence-electron chi connectivity index (χ3n) is 5.93. The van der Waals surface area contributed by atoms with Crippen molar-refractivity contribution in [3.8, 4) is 22.6 Å². The maximum absolute atomic E-state index is 13.0. The van der Waals surface area contributed by atoms with Gasteiger partial charge in [-0.2, -0.15) is 5.10 Å². The molecule has 1 amide bonds. The van der Waals surface area contributed by atoms with E-state index in [-0.39, 0.29) is 5.91 Å². The summed E-state index contributed by atoms with van der Waals surface area (Å²) in [6.45, 7) is 3.92. The van der Waals surface area contributed by atoms with Gasteiger partial charge in [-0.3, -0.25) is 14.5 Å². The predicted molar refractivity (Wildman–Crippen MR) is 126 cm³/mol. The standard InChI is InChI=1S/C26H26N4O3/c1-18-7-9-30(28-18)10-8-25(31)29-11-12-33-26-22(17-29)14-20(15-24(26)32-2)21-13-19-5-3-4-6-23(19)27-16-21/h3-7,9,13-16H,8,10-12,17H2,1-2H3. The first-order valence-electron chi connectivity index (χ1n) is 11.1. The summed E-state index contributed by atoms with van der Waals surface area (Å²) in [6, 6.07) is 16.2. The van der Waals surface area contributed by atoms with E-state index in [9.17, 15) is 4.79 Å². The van der Waals surface area contributed by atoms with Crippen molar-refractivity contribution in [1.29, 1.82) is 0 Å². The second-order valence-corrected chi connectivity index (χ2v) is 8.22. The number of methoxy groups -OCH3 is 1. The van der Waals surface area contributed by atoms with E-state index in [1.54, 1.807) is 7.11 Å². The molecule has 0 saturated carbocycles. The summed E-state index contributed by atoms with van der Waals surface area (Å²) in [7, 11) is 1.64. The average Bonchev–Trinajstić information content (AvgIpc) is 3.14. The zero-order valence-corrected chi connectivity index (χ0v) is 18.8. The van der Waals surface area contributed by atoms with E-state index in [4.69, 9.17) is 9.47 Å². The van der Waals surface area contributed by atoms with E-state index in [1.807, 2.05) is 59.2 Å². The van der Waals surface area contributed by atoms with Crippen LogP contribution in [0, 0.1) is 6.92 Å². The van der Waals surface area contributed by atoms with Gasteiger partial charge < -0.3 is 14.4 Å². The third-order valence-corrected chi connectivity index (χ3v) is 5.93. The van der Waals surface area contributed by atoms with E-state index >= 15 is 0 Å². The van der Waals surface area contributed by atoms with Crippen LogP contribution < -0.4 is 9.47 Å². The van der Waals surface area contributed by atoms with E-state index in [0.29, 0.717) is 44.2 Å². The van der Waals surface area contributed by atoms with E-state index in [0.717, 1.165) is 33.3 Å². The van der Waals surface area contributed by atoms with Crippen LogP contribution in [0.25, 0.3) is 22.0 Å². The van der Waals surface area contributed by atoms with Crippen molar-refractivity contribution in [2.45, 2.75) is 26.4 Å². The van der Waals surface area contributed by atoms with Crippen LogP contribution in [0.1, 0.15) is 17.7 Å². The lowest BCUT2D eigenvalue weighted by molar-refractivity contribution is -0.132. The summed E-state index contributed by atoms with van der Waals surface area (Å²) >= 11 is 0. The van der Waals surface area contributed by atoms with Gasteiger partial charge in [-0.15, -0.1) is 0 Å². The van der Waals surface area contributed by atoms with Crippen molar-refractivity contribution < 1.29 is 14.3 Å². The maximum atomic E-state index is 13.0. The van der Waals surface area contributed by atoms with Gasteiger partial charge in [0.15, 0.2) is 11.5 Å². The Labute approximate surface area is 192 Å². The van der Waals surface area contributed by atoms with Crippen LogP contribution in [0.4, 0.5) is 0 Å². The molecule has 168 valence electrons. The molecule has 0 N–H and O–H groups in total. The number of para-hydroxylation sites is 1. The molecule has 0 aliphatic carbocycles. The molecule has 2 aromatic heterocycles. The molecule has 0 radical (unpaired) electrons. The van der Waals surface area contributed by atoms with Crippen LogP contribution in [0.15, 0.2) is 60.9 Å². The Balaban J connectivity index is 1.42. The van der Waals surface area contributed by atoms with Gasteiger partial charge >= 0.3 is 0 Å². The zero-order chi connectivity index (χ0) is 22.8. The van der Waals surface area contributed by atoms with Gasteiger partial charge in [-0.1, -0.05) is 18.2 Å². The lowest BCUT2D eigenvalue weighted by Gasteiger charge is -2.20. The van der Waals surface area contributed by atoms with Gasteiger partial charge in [-0.25, -0.2) is 0 Å². The van der Waals surface area contributed by atoms with E-state index < -0.39 is 0 Å². The van der Waals surface area contributed by atoms with Gasteiger partial charge in [0.2, 0.25) is 5.91 Å². The van der Waals surface area contributed by atoms with Crippen LogP contribution in [0.2, 0.25) is 0 Å². The number of carbonyl (C=O) groups is 1. The predicted octanol–water partition coefficient (Wildman–Crippen LogP) is 4.23. The first-order chi connectivity index (χ1) is 16.1. The van der Waals surface area contributed by atoms with Crippen molar-refractivity contribution in [3.63, 3.8) is 0 Å². The smallest absolute Gasteiger partial charge is 0.224 e. The second kappa shape index (κ2) is 8.94. The first kappa shape index (κ1) is 21.0. The van der Waals surface area contributed by atoms with Crippen LogP contribution in [0.5, 0.6) is 11.5 Å². The Morgan fingerprint density at radius 3 is 2.85 bits per heavy atom. The topological polar surface area (TPSA) is 69.5 Å². The van der Waals surface area contributed by atoms with Crippen molar-refractivity contribution in [2.75, 3.05) is 20.3 Å². The number of nitrogens with zero attached hydrogens (tertiary/aromatic N) is 4. The van der Waals surface area contributed by atoms with Crippen molar-refractivity contribution >= 4 is 16.8 Å². The lowest BCUT2D eigenvalue weighted by Crippen LogP contribution is -2.33. The molecule has 7 heteroatoms. The lowest BCUT2D eigenvalue weighted by atomic mass is 10.0. The highest BCUT2D eigenvalue weighted by Crippen LogP contribution is 2.38. The fourth-order valence-electron chi connectivity index (χ4n) is 4.20. The van der Waals surface area contributed by atoms with Gasteiger partial charge in [-0.05, 0) is 42.8 Å². The van der Waals surface area contributed by atoms with E-state index in [2.05, 4.69) is 28.3 Å². The monoisotopic (exact) mass is 442 g/mol. The van der Waals surface area contributed by atoms with Gasteiger partial charge in [0, 0.05) is 48.4 Å². The molecule has 0 bridgehead atoms. The quantitative estimate of drug-likeness (QED) is 0.463. The molecule has 7 nitrogen and oxygen atoms in total. The van der Waals surface area contributed by atoms with Crippen molar-refractivity contribution in [3.05, 3.63) is 72.2 Å². The zero-order valence-electron chi connectivity index (χ0n) is 18.8. The number of amides is 1.